The maximum Gasteiger partial charge on any atom is 0.0543 e. The molecular formula is C14H19Cl2NO. The molecule has 0 aromatic heterocycles. The van der Waals surface area contributed by atoms with Gasteiger partial charge in [-0.05, 0) is 62.4 Å². The molecule has 0 amide bonds. The number of nitrogens with one attached hydrogen (secondary N) is 1. The normalized spacial score (nSPS) is 25.3. The van der Waals surface area contributed by atoms with Crippen LogP contribution in [-0.4, -0.2) is 17.8 Å². The summed E-state index contributed by atoms with van der Waals surface area (Å²) < 4.78 is 0. The zero-order valence-corrected chi connectivity index (χ0v) is 12.0. The van der Waals surface area contributed by atoms with E-state index < -0.39 is 0 Å². The quantitative estimate of drug-likeness (QED) is 0.883. The molecule has 2 nitrogen and oxygen atoms in total. The largest absolute Gasteiger partial charge is 0.393 e. The summed E-state index contributed by atoms with van der Waals surface area (Å²) in [6.07, 6.45) is 2.83. The van der Waals surface area contributed by atoms with Crippen molar-refractivity contribution in [3.05, 3.63) is 33.8 Å². The first-order valence-corrected chi connectivity index (χ1v) is 7.18. The van der Waals surface area contributed by atoms with E-state index in [1.54, 1.807) is 6.07 Å². The van der Waals surface area contributed by atoms with Gasteiger partial charge < -0.3 is 10.4 Å². The summed E-state index contributed by atoms with van der Waals surface area (Å²) >= 11 is 12.2. The molecule has 0 spiro atoms. The van der Waals surface area contributed by atoms with E-state index in [2.05, 4.69) is 12.2 Å². The van der Waals surface area contributed by atoms with Crippen molar-refractivity contribution >= 4 is 23.2 Å². The van der Waals surface area contributed by atoms with Crippen molar-refractivity contribution in [3.63, 3.8) is 0 Å². The fraction of sp³-hybridized carbons (Fsp3) is 0.571. The van der Waals surface area contributed by atoms with Gasteiger partial charge in [0.1, 0.15) is 0 Å². The molecular weight excluding hydrogens is 269 g/mol. The lowest BCUT2D eigenvalue weighted by Crippen LogP contribution is -2.25. The Bertz CT molecular complexity index is 411. The third-order valence-electron chi connectivity index (χ3n) is 3.65. The van der Waals surface area contributed by atoms with Crippen LogP contribution in [0.5, 0.6) is 0 Å². The average molecular weight is 288 g/mol. The smallest absolute Gasteiger partial charge is 0.0543 e. The molecule has 4 heteroatoms. The van der Waals surface area contributed by atoms with Gasteiger partial charge in [0, 0.05) is 16.1 Å². The number of hydrogen-bond acceptors (Lipinski definition) is 2. The van der Waals surface area contributed by atoms with Crippen LogP contribution in [0.4, 0.5) is 0 Å². The molecule has 1 aliphatic rings. The van der Waals surface area contributed by atoms with Crippen molar-refractivity contribution in [2.24, 2.45) is 5.92 Å². The first-order chi connectivity index (χ1) is 8.56. The van der Waals surface area contributed by atoms with Crippen molar-refractivity contribution < 1.29 is 5.11 Å². The number of aliphatic hydroxyl groups is 1. The molecule has 1 aromatic rings. The van der Waals surface area contributed by atoms with Crippen LogP contribution in [-0.2, 0) is 0 Å². The predicted molar refractivity (Wildman–Crippen MR) is 76.2 cm³/mol. The van der Waals surface area contributed by atoms with Crippen LogP contribution in [0.1, 0.15) is 37.8 Å². The lowest BCUT2D eigenvalue weighted by Gasteiger charge is -2.18. The number of hydrogen-bond donors (Lipinski definition) is 2. The lowest BCUT2D eigenvalue weighted by molar-refractivity contribution is 0.177. The second-order valence-corrected chi connectivity index (χ2v) is 5.97. The summed E-state index contributed by atoms with van der Waals surface area (Å²) in [4.78, 5) is 0. The molecule has 1 aliphatic carbocycles. The van der Waals surface area contributed by atoms with Crippen molar-refractivity contribution in [2.45, 2.75) is 38.3 Å². The summed E-state index contributed by atoms with van der Waals surface area (Å²) in [5, 5.41) is 14.4. The molecule has 2 N–H and O–H groups in total. The Kier molecular flexibility index (Phi) is 4.91. The van der Waals surface area contributed by atoms with E-state index in [0.717, 1.165) is 36.4 Å². The van der Waals surface area contributed by atoms with Crippen molar-refractivity contribution in [1.82, 2.24) is 5.32 Å². The Hall–Kier alpha value is -0.280. The molecule has 18 heavy (non-hydrogen) atoms. The van der Waals surface area contributed by atoms with Gasteiger partial charge in [-0.1, -0.05) is 23.2 Å². The van der Waals surface area contributed by atoms with Crippen LogP contribution in [0.3, 0.4) is 0 Å². The monoisotopic (exact) mass is 287 g/mol. The average Bonchev–Trinajstić information content (AvgIpc) is 2.75. The summed E-state index contributed by atoms with van der Waals surface area (Å²) in [6.45, 7) is 3.00. The molecule has 3 atom stereocenters. The van der Waals surface area contributed by atoms with Gasteiger partial charge in [-0.25, -0.2) is 0 Å². The van der Waals surface area contributed by atoms with Crippen LogP contribution >= 0.6 is 23.2 Å². The van der Waals surface area contributed by atoms with Crippen molar-refractivity contribution in [2.75, 3.05) is 6.54 Å². The molecule has 100 valence electrons. The molecule has 0 aliphatic heterocycles. The van der Waals surface area contributed by atoms with Gasteiger partial charge in [0.2, 0.25) is 0 Å². The van der Waals surface area contributed by atoms with E-state index in [9.17, 15) is 5.11 Å². The molecule has 0 bridgehead atoms. The van der Waals surface area contributed by atoms with Gasteiger partial charge in [0.15, 0.2) is 0 Å². The Morgan fingerprint density at radius 1 is 1.39 bits per heavy atom. The summed E-state index contributed by atoms with van der Waals surface area (Å²) in [5.41, 5.74) is 1.03. The van der Waals surface area contributed by atoms with Gasteiger partial charge in [-0.15, -0.1) is 0 Å². The minimum Gasteiger partial charge on any atom is -0.393 e. The molecule has 3 unspecified atom stereocenters. The maximum absolute atomic E-state index is 9.50. The molecule has 1 fully saturated rings. The topological polar surface area (TPSA) is 32.3 Å². The zero-order valence-electron chi connectivity index (χ0n) is 10.5. The third-order valence-corrected chi connectivity index (χ3v) is 4.23. The Morgan fingerprint density at radius 2 is 2.17 bits per heavy atom. The van der Waals surface area contributed by atoms with E-state index in [4.69, 9.17) is 23.2 Å². The van der Waals surface area contributed by atoms with Crippen LogP contribution in [0.15, 0.2) is 18.2 Å². The SMILES string of the molecule is CC(NCC1CCC(O)C1)c1cc(Cl)ccc1Cl. The maximum atomic E-state index is 9.50. The highest BCUT2D eigenvalue weighted by Gasteiger charge is 2.23. The third kappa shape index (κ3) is 3.61. The van der Waals surface area contributed by atoms with Crippen LogP contribution < -0.4 is 5.32 Å². The molecule has 0 radical (unpaired) electrons. The van der Waals surface area contributed by atoms with E-state index in [1.165, 1.54) is 0 Å². The zero-order chi connectivity index (χ0) is 13.1. The van der Waals surface area contributed by atoms with Gasteiger partial charge >= 0.3 is 0 Å². The molecule has 1 aromatic carbocycles. The Balaban J connectivity index is 1.91. The van der Waals surface area contributed by atoms with E-state index in [1.807, 2.05) is 12.1 Å². The number of aliphatic hydroxyl groups excluding tert-OH is 1. The predicted octanol–water partition coefficient (Wildman–Crippen LogP) is 3.81. The first-order valence-electron chi connectivity index (χ1n) is 6.42. The van der Waals surface area contributed by atoms with Crippen molar-refractivity contribution in [3.8, 4) is 0 Å². The molecule has 0 saturated heterocycles. The number of benzene rings is 1. The summed E-state index contributed by atoms with van der Waals surface area (Å²) in [6, 6.07) is 5.71. The summed E-state index contributed by atoms with van der Waals surface area (Å²) in [5.74, 6) is 0.570. The van der Waals surface area contributed by atoms with Gasteiger partial charge in [-0.2, -0.15) is 0 Å². The Morgan fingerprint density at radius 3 is 2.83 bits per heavy atom. The molecule has 0 heterocycles. The van der Waals surface area contributed by atoms with E-state index in [-0.39, 0.29) is 12.1 Å². The van der Waals surface area contributed by atoms with Crippen LogP contribution in [0.2, 0.25) is 10.0 Å². The lowest BCUT2D eigenvalue weighted by atomic mass is 10.1. The fourth-order valence-corrected chi connectivity index (χ4v) is 3.00. The highest BCUT2D eigenvalue weighted by atomic mass is 35.5. The standard InChI is InChI=1S/C14H19Cl2NO/c1-9(13-7-11(15)3-5-14(13)16)17-8-10-2-4-12(18)6-10/h3,5,7,9-10,12,17-18H,2,4,6,8H2,1H3. The van der Waals surface area contributed by atoms with Crippen LogP contribution in [0.25, 0.3) is 0 Å². The van der Waals surface area contributed by atoms with E-state index in [0.29, 0.717) is 10.9 Å². The minimum atomic E-state index is -0.109. The highest BCUT2D eigenvalue weighted by molar-refractivity contribution is 6.33. The highest BCUT2D eigenvalue weighted by Crippen LogP contribution is 2.28. The minimum absolute atomic E-state index is 0.109. The van der Waals surface area contributed by atoms with Gasteiger partial charge in [0.05, 0.1) is 6.10 Å². The van der Waals surface area contributed by atoms with Crippen molar-refractivity contribution in [1.29, 1.82) is 0 Å². The molecule has 1 saturated carbocycles. The fourth-order valence-electron chi connectivity index (χ4n) is 2.53. The number of halogens is 2. The Labute approximate surface area is 118 Å². The molecule has 2 rings (SSSR count). The summed E-state index contributed by atoms with van der Waals surface area (Å²) in [7, 11) is 0. The van der Waals surface area contributed by atoms with E-state index >= 15 is 0 Å². The van der Waals surface area contributed by atoms with Crippen LogP contribution in [0, 0.1) is 5.92 Å². The second kappa shape index (κ2) is 6.25. The number of rotatable bonds is 4. The first kappa shape index (κ1) is 14.1. The van der Waals surface area contributed by atoms with Gasteiger partial charge in [0.25, 0.3) is 0 Å². The second-order valence-electron chi connectivity index (χ2n) is 5.13. The van der Waals surface area contributed by atoms with Gasteiger partial charge in [-0.3, -0.25) is 0 Å².